The molecule has 0 spiro atoms. The van der Waals surface area contributed by atoms with Crippen molar-refractivity contribution in [3.63, 3.8) is 0 Å². The third-order valence-electron chi connectivity index (χ3n) is 2.41. The standard InChI is InChI=1S/C13H12BrFN2/c1-8(15)12-7-13(17-9(2)16-12)10-3-5-11(14)6-4-10/h3-8H,1-2H3. The summed E-state index contributed by atoms with van der Waals surface area (Å²) in [6, 6.07) is 9.45. The number of nitrogens with zero attached hydrogens (tertiary/aromatic N) is 2. The molecule has 2 nitrogen and oxygen atoms in total. The number of halogens is 2. The first-order valence-corrected chi connectivity index (χ1v) is 6.11. The van der Waals surface area contributed by atoms with Crippen LogP contribution in [-0.4, -0.2) is 9.97 Å². The molecule has 0 amide bonds. The van der Waals surface area contributed by atoms with Gasteiger partial charge in [-0.3, -0.25) is 0 Å². The van der Waals surface area contributed by atoms with Crippen molar-refractivity contribution in [2.24, 2.45) is 0 Å². The highest BCUT2D eigenvalue weighted by molar-refractivity contribution is 9.10. The number of hydrogen-bond donors (Lipinski definition) is 0. The molecule has 1 unspecified atom stereocenters. The average Bonchev–Trinajstić information content (AvgIpc) is 2.29. The maximum atomic E-state index is 13.3. The molecule has 2 rings (SSSR count). The summed E-state index contributed by atoms with van der Waals surface area (Å²) in [6.45, 7) is 3.25. The molecule has 1 atom stereocenters. The van der Waals surface area contributed by atoms with Gasteiger partial charge in [-0.15, -0.1) is 0 Å². The van der Waals surface area contributed by atoms with Gasteiger partial charge in [-0.25, -0.2) is 14.4 Å². The molecule has 0 aliphatic heterocycles. The van der Waals surface area contributed by atoms with E-state index in [9.17, 15) is 4.39 Å². The fourth-order valence-electron chi connectivity index (χ4n) is 1.56. The molecule has 17 heavy (non-hydrogen) atoms. The Bertz CT molecular complexity index is 523. The number of aryl methyl sites for hydroxylation is 1. The van der Waals surface area contributed by atoms with Gasteiger partial charge in [0.05, 0.1) is 11.4 Å². The molecule has 0 fully saturated rings. The van der Waals surface area contributed by atoms with E-state index in [0.29, 0.717) is 11.5 Å². The molecule has 1 heterocycles. The Balaban J connectivity index is 2.48. The summed E-state index contributed by atoms with van der Waals surface area (Å²) < 4.78 is 14.3. The van der Waals surface area contributed by atoms with Crippen molar-refractivity contribution in [1.29, 1.82) is 0 Å². The van der Waals surface area contributed by atoms with Crippen molar-refractivity contribution < 1.29 is 4.39 Å². The van der Waals surface area contributed by atoms with Gasteiger partial charge >= 0.3 is 0 Å². The fraction of sp³-hybridized carbons (Fsp3) is 0.231. The van der Waals surface area contributed by atoms with Crippen molar-refractivity contribution in [2.45, 2.75) is 20.0 Å². The average molecular weight is 295 g/mol. The molecule has 0 aliphatic rings. The molecule has 0 N–H and O–H groups in total. The number of aromatic nitrogens is 2. The second kappa shape index (κ2) is 4.92. The Labute approximate surface area is 108 Å². The predicted molar refractivity (Wildman–Crippen MR) is 69.4 cm³/mol. The van der Waals surface area contributed by atoms with Gasteiger partial charge < -0.3 is 0 Å². The van der Waals surface area contributed by atoms with Crippen molar-refractivity contribution >= 4 is 15.9 Å². The Hall–Kier alpha value is -1.29. The van der Waals surface area contributed by atoms with Crippen LogP contribution in [0.4, 0.5) is 4.39 Å². The monoisotopic (exact) mass is 294 g/mol. The third kappa shape index (κ3) is 2.88. The number of rotatable bonds is 2. The van der Waals surface area contributed by atoms with Gasteiger partial charge in [-0.1, -0.05) is 28.1 Å². The first kappa shape index (κ1) is 12.2. The molecule has 88 valence electrons. The predicted octanol–water partition coefficient (Wildman–Crippen LogP) is 4.25. The minimum Gasteiger partial charge on any atom is -0.241 e. The number of hydrogen-bond acceptors (Lipinski definition) is 2. The van der Waals surface area contributed by atoms with E-state index in [1.54, 1.807) is 13.0 Å². The normalized spacial score (nSPS) is 12.5. The molecule has 0 saturated carbocycles. The summed E-state index contributed by atoms with van der Waals surface area (Å²) in [6.07, 6.45) is -1.08. The summed E-state index contributed by atoms with van der Waals surface area (Å²) in [5.41, 5.74) is 2.14. The topological polar surface area (TPSA) is 25.8 Å². The smallest absolute Gasteiger partial charge is 0.139 e. The van der Waals surface area contributed by atoms with Gasteiger partial charge in [0.25, 0.3) is 0 Å². The van der Waals surface area contributed by atoms with Crippen LogP contribution in [0.1, 0.15) is 24.6 Å². The second-order valence-corrected chi connectivity index (χ2v) is 4.76. The van der Waals surface area contributed by atoms with Gasteiger partial charge in [0, 0.05) is 10.0 Å². The lowest BCUT2D eigenvalue weighted by Crippen LogP contribution is -1.98. The summed E-state index contributed by atoms with van der Waals surface area (Å²) >= 11 is 3.38. The Morgan fingerprint density at radius 2 is 1.82 bits per heavy atom. The zero-order chi connectivity index (χ0) is 12.4. The van der Waals surface area contributed by atoms with E-state index >= 15 is 0 Å². The van der Waals surface area contributed by atoms with E-state index in [-0.39, 0.29) is 0 Å². The zero-order valence-corrected chi connectivity index (χ0v) is 11.2. The van der Waals surface area contributed by atoms with Gasteiger partial charge in [0.2, 0.25) is 0 Å². The highest BCUT2D eigenvalue weighted by atomic mass is 79.9. The van der Waals surface area contributed by atoms with Crippen LogP contribution in [-0.2, 0) is 0 Å². The minimum atomic E-state index is -1.08. The molecule has 2 aromatic rings. The van der Waals surface area contributed by atoms with Crippen molar-refractivity contribution in [2.75, 3.05) is 0 Å². The maximum absolute atomic E-state index is 13.3. The van der Waals surface area contributed by atoms with Crippen LogP contribution in [0.5, 0.6) is 0 Å². The molecule has 0 aliphatic carbocycles. The second-order valence-electron chi connectivity index (χ2n) is 3.85. The lowest BCUT2D eigenvalue weighted by Gasteiger charge is -2.07. The van der Waals surface area contributed by atoms with E-state index in [0.717, 1.165) is 15.7 Å². The summed E-state index contributed by atoms with van der Waals surface area (Å²) in [5, 5.41) is 0. The van der Waals surface area contributed by atoms with Gasteiger partial charge in [-0.2, -0.15) is 0 Å². The van der Waals surface area contributed by atoms with Crippen molar-refractivity contribution in [1.82, 2.24) is 9.97 Å². The molecule has 0 bridgehead atoms. The van der Waals surface area contributed by atoms with E-state index in [2.05, 4.69) is 25.9 Å². The Kier molecular flexibility index (Phi) is 3.52. The van der Waals surface area contributed by atoms with Crippen LogP contribution < -0.4 is 0 Å². The fourth-order valence-corrected chi connectivity index (χ4v) is 1.83. The van der Waals surface area contributed by atoms with Crippen LogP contribution in [0, 0.1) is 6.92 Å². The highest BCUT2D eigenvalue weighted by Gasteiger charge is 2.09. The molecule has 0 saturated heterocycles. The van der Waals surface area contributed by atoms with E-state index in [1.165, 1.54) is 6.92 Å². The number of alkyl halides is 1. The van der Waals surface area contributed by atoms with Crippen LogP contribution in [0.25, 0.3) is 11.3 Å². The SMILES string of the molecule is Cc1nc(-c2ccc(Br)cc2)cc(C(C)F)n1. The lowest BCUT2D eigenvalue weighted by atomic mass is 10.1. The van der Waals surface area contributed by atoms with Crippen LogP contribution >= 0.6 is 15.9 Å². The lowest BCUT2D eigenvalue weighted by molar-refractivity contribution is 0.365. The van der Waals surface area contributed by atoms with Crippen molar-refractivity contribution in [3.05, 3.63) is 46.3 Å². The largest absolute Gasteiger partial charge is 0.241 e. The van der Waals surface area contributed by atoms with E-state index in [4.69, 9.17) is 0 Å². The van der Waals surface area contributed by atoms with Gasteiger partial charge in [0.1, 0.15) is 12.0 Å². The minimum absolute atomic E-state index is 0.426. The summed E-state index contributed by atoms with van der Waals surface area (Å²) in [5.74, 6) is 0.588. The first-order valence-electron chi connectivity index (χ1n) is 5.32. The Morgan fingerprint density at radius 1 is 1.18 bits per heavy atom. The van der Waals surface area contributed by atoms with Crippen LogP contribution in [0.15, 0.2) is 34.8 Å². The first-order chi connectivity index (χ1) is 8.06. The van der Waals surface area contributed by atoms with Crippen LogP contribution in [0.2, 0.25) is 0 Å². The van der Waals surface area contributed by atoms with Gasteiger partial charge in [-0.05, 0) is 32.0 Å². The molecular formula is C13H12BrFN2. The maximum Gasteiger partial charge on any atom is 0.139 e. The summed E-state index contributed by atoms with van der Waals surface area (Å²) in [4.78, 5) is 8.40. The molecular weight excluding hydrogens is 283 g/mol. The summed E-state index contributed by atoms with van der Waals surface area (Å²) in [7, 11) is 0. The Morgan fingerprint density at radius 3 is 2.41 bits per heavy atom. The third-order valence-corrected chi connectivity index (χ3v) is 2.93. The number of benzene rings is 1. The van der Waals surface area contributed by atoms with E-state index < -0.39 is 6.17 Å². The highest BCUT2D eigenvalue weighted by Crippen LogP contribution is 2.23. The van der Waals surface area contributed by atoms with Crippen LogP contribution in [0.3, 0.4) is 0 Å². The van der Waals surface area contributed by atoms with Crippen molar-refractivity contribution in [3.8, 4) is 11.3 Å². The van der Waals surface area contributed by atoms with Gasteiger partial charge in [0.15, 0.2) is 0 Å². The quantitative estimate of drug-likeness (QED) is 0.828. The van der Waals surface area contributed by atoms with E-state index in [1.807, 2.05) is 24.3 Å². The zero-order valence-electron chi connectivity index (χ0n) is 9.61. The molecule has 4 heteroatoms. The molecule has 0 radical (unpaired) electrons. The molecule has 1 aromatic carbocycles. The molecule has 1 aromatic heterocycles.